The Morgan fingerprint density at radius 1 is 1.00 bits per heavy atom. The van der Waals surface area contributed by atoms with Crippen LogP contribution in [-0.2, 0) is 21.4 Å². The number of fused-ring (bicyclic) bond motifs is 1. The number of ether oxygens (including phenoxy) is 1. The normalized spacial score (nSPS) is 12.2. The van der Waals surface area contributed by atoms with Crippen LogP contribution in [0.15, 0.2) is 77.0 Å². The van der Waals surface area contributed by atoms with Gasteiger partial charge in [0, 0.05) is 29.1 Å². The summed E-state index contributed by atoms with van der Waals surface area (Å²) in [7, 11) is -2.47. The highest BCUT2D eigenvalue weighted by molar-refractivity contribution is 7.90. The van der Waals surface area contributed by atoms with E-state index in [0.717, 1.165) is 17.8 Å². The molecule has 0 bridgehead atoms. The molecule has 1 amide bonds. The summed E-state index contributed by atoms with van der Waals surface area (Å²) in [6.07, 6.45) is 1.57. The third-order valence-corrected chi connectivity index (χ3v) is 8.71. The van der Waals surface area contributed by atoms with Crippen LogP contribution in [0.4, 0.5) is 11.4 Å². The van der Waals surface area contributed by atoms with E-state index in [1.54, 1.807) is 23.5 Å². The lowest BCUT2D eigenvalue weighted by Crippen LogP contribution is -2.35. The number of rotatable bonds is 12. The molecule has 4 aromatic rings. The monoisotopic (exact) mass is 551 g/mol. The Labute approximate surface area is 228 Å². The molecule has 3 aromatic carbocycles. The van der Waals surface area contributed by atoms with Crippen LogP contribution in [0.2, 0.25) is 0 Å². The average Bonchev–Trinajstić information content (AvgIpc) is 3.32. The van der Waals surface area contributed by atoms with Crippen molar-refractivity contribution < 1.29 is 17.9 Å². The lowest BCUT2D eigenvalue weighted by Gasteiger charge is -2.22. The number of benzene rings is 3. The molecule has 200 valence electrons. The second kappa shape index (κ2) is 12.3. The molecule has 1 heterocycles. The van der Waals surface area contributed by atoms with E-state index in [2.05, 4.69) is 45.9 Å². The molecule has 0 saturated heterocycles. The molecule has 0 radical (unpaired) electrons. The Balaban J connectivity index is 1.43. The number of carbonyl (C=O) groups excluding carboxylic acids is 1. The molecule has 1 aromatic heterocycles. The minimum absolute atomic E-state index is 0.0115. The first-order valence-electron chi connectivity index (χ1n) is 12.6. The number of thiophene rings is 1. The molecule has 0 aliphatic rings. The Bertz CT molecular complexity index is 1500. The Morgan fingerprint density at radius 3 is 2.45 bits per heavy atom. The zero-order chi connectivity index (χ0) is 27.1. The third kappa shape index (κ3) is 6.65. The third-order valence-electron chi connectivity index (χ3n) is 6.33. The van der Waals surface area contributed by atoms with Crippen LogP contribution in [0.5, 0.6) is 5.75 Å². The molecule has 9 heteroatoms. The number of hydrogen-bond acceptors (Lipinski definition) is 7. The van der Waals surface area contributed by atoms with Crippen molar-refractivity contribution in [3.63, 3.8) is 0 Å². The van der Waals surface area contributed by atoms with E-state index in [9.17, 15) is 13.2 Å². The lowest BCUT2D eigenvalue weighted by atomic mass is 10.1. The number of hydrogen-bond donors (Lipinski definition) is 3. The number of carbonyl (C=O) groups is 1. The van der Waals surface area contributed by atoms with Gasteiger partial charge in [-0.2, -0.15) is 0 Å². The van der Waals surface area contributed by atoms with Crippen LogP contribution < -0.4 is 20.1 Å². The Kier molecular flexibility index (Phi) is 8.91. The number of para-hydroxylation sites is 2. The Hall–Kier alpha value is -3.56. The first-order valence-corrected chi connectivity index (χ1v) is 14.9. The molecular formula is C29H33N3O4S2. The van der Waals surface area contributed by atoms with Crippen LogP contribution in [-0.4, -0.2) is 27.5 Å². The molecule has 0 fully saturated rings. The molecule has 0 spiro atoms. The van der Waals surface area contributed by atoms with Gasteiger partial charge in [-0.1, -0.05) is 37.6 Å². The SMILES string of the molecule is CCCC(CC(=O)NS(=O)(=O)c1ccc(OC)cc1)Nc1ccccc1NCc1csc2cccc(C)c12. The second-order valence-electron chi connectivity index (χ2n) is 9.15. The summed E-state index contributed by atoms with van der Waals surface area (Å²) in [5.41, 5.74) is 4.29. The molecule has 3 N–H and O–H groups in total. The van der Waals surface area contributed by atoms with Gasteiger partial charge in [-0.25, -0.2) is 13.1 Å². The van der Waals surface area contributed by atoms with Gasteiger partial charge >= 0.3 is 0 Å². The number of aryl methyl sites for hydroxylation is 1. The minimum atomic E-state index is -3.98. The first-order chi connectivity index (χ1) is 18.3. The summed E-state index contributed by atoms with van der Waals surface area (Å²) in [4.78, 5) is 12.8. The molecule has 0 aliphatic heterocycles. The number of sulfonamides is 1. The van der Waals surface area contributed by atoms with Crippen LogP contribution in [0.1, 0.15) is 37.3 Å². The maximum Gasteiger partial charge on any atom is 0.264 e. The van der Waals surface area contributed by atoms with E-state index in [1.165, 1.54) is 40.5 Å². The number of anilines is 2. The molecule has 1 atom stereocenters. The second-order valence-corrected chi connectivity index (χ2v) is 11.7. The van der Waals surface area contributed by atoms with Crippen molar-refractivity contribution in [3.05, 3.63) is 83.2 Å². The Morgan fingerprint density at radius 2 is 1.74 bits per heavy atom. The summed E-state index contributed by atoms with van der Waals surface area (Å²) < 4.78 is 34.0. The standard InChI is InChI=1S/C29H33N3O4S2/c1-4-8-22(17-28(33)32-38(34,35)24-15-13-23(36-3)14-16-24)31-26-11-6-5-10-25(26)30-18-21-19-37-27-12-7-9-20(2)29(21)27/h5-7,9-16,19,22,30-31H,4,8,17-18H2,1-3H3,(H,32,33). The molecule has 0 aliphatic carbocycles. The highest BCUT2D eigenvalue weighted by atomic mass is 32.2. The fourth-order valence-electron chi connectivity index (χ4n) is 4.45. The van der Waals surface area contributed by atoms with Crippen molar-refractivity contribution in [3.8, 4) is 5.75 Å². The number of amides is 1. The summed E-state index contributed by atoms with van der Waals surface area (Å²) in [6.45, 7) is 4.83. The van der Waals surface area contributed by atoms with E-state index in [-0.39, 0.29) is 17.4 Å². The average molecular weight is 552 g/mol. The zero-order valence-electron chi connectivity index (χ0n) is 21.8. The van der Waals surface area contributed by atoms with Gasteiger partial charge < -0.3 is 15.4 Å². The highest BCUT2D eigenvalue weighted by Gasteiger charge is 2.21. The topological polar surface area (TPSA) is 96.5 Å². The fraction of sp³-hybridized carbons (Fsp3) is 0.276. The van der Waals surface area contributed by atoms with E-state index < -0.39 is 15.9 Å². The van der Waals surface area contributed by atoms with Gasteiger partial charge in [0.15, 0.2) is 0 Å². The van der Waals surface area contributed by atoms with E-state index in [1.807, 2.05) is 31.2 Å². The zero-order valence-corrected chi connectivity index (χ0v) is 23.4. The summed E-state index contributed by atoms with van der Waals surface area (Å²) in [5.74, 6) is -0.0190. The van der Waals surface area contributed by atoms with Crippen molar-refractivity contribution in [2.24, 2.45) is 0 Å². The van der Waals surface area contributed by atoms with Gasteiger partial charge in [-0.05, 0) is 72.3 Å². The summed E-state index contributed by atoms with van der Waals surface area (Å²) in [6, 6.07) is 19.9. The van der Waals surface area contributed by atoms with Gasteiger partial charge in [-0.15, -0.1) is 11.3 Å². The fourth-order valence-corrected chi connectivity index (χ4v) is 6.48. The van der Waals surface area contributed by atoms with Crippen LogP contribution in [0.3, 0.4) is 0 Å². The maximum atomic E-state index is 12.8. The van der Waals surface area contributed by atoms with Crippen LogP contribution in [0.25, 0.3) is 10.1 Å². The molecule has 38 heavy (non-hydrogen) atoms. The lowest BCUT2D eigenvalue weighted by molar-refractivity contribution is -0.119. The number of methoxy groups -OCH3 is 1. The number of nitrogens with one attached hydrogen (secondary N) is 3. The van der Waals surface area contributed by atoms with Gasteiger partial charge in [0.1, 0.15) is 5.75 Å². The predicted octanol–water partition coefficient (Wildman–Crippen LogP) is 6.31. The van der Waals surface area contributed by atoms with Gasteiger partial charge in [-0.3, -0.25) is 4.79 Å². The van der Waals surface area contributed by atoms with Crippen molar-refractivity contribution in [2.45, 2.75) is 50.6 Å². The summed E-state index contributed by atoms with van der Waals surface area (Å²) >= 11 is 1.74. The maximum absolute atomic E-state index is 12.8. The van der Waals surface area contributed by atoms with Gasteiger partial charge in [0.2, 0.25) is 5.91 Å². The van der Waals surface area contributed by atoms with Crippen LogP contribution >= 0.6 is 11.3 Å². The molecule has 1 unspecified atom stereocenters. The predicted molar refractivity (Wildman–Crippen MR) is 156 cm³/mol. The van der Waals surface area contributed by atoms with Crippen molar-refractivity contribution in [1.29, 1.82) is 0 Å². The van der Waals surface area contributed by atoms with Crippen molar-refractivity contribution in [2.75, 3.05) is 17.7 Å². The van der Waals surface area contributed by atoms with Crippen molar-refractivity contribution >= 4 is 48.7 Å². The molecule has 4 rings (SSSR count). The van der Waals surface area contributed by atoms with E-state index >= 15 is 0 Å². The highest BCUT2D eigenvalue weighted by Crippen LogP contribution is 2.31. The minimum Gasteiger partial charge on any atom is -0.497 e. The van der Waals surface area contributed by atoms with Gasteiger partial charge in [0.05, 0.1) is 23.4 Å². The summed E-state index contributed by atoms with van der Waals surface area (Å²) in [5, 5.41) is 10.5. The molecule has 7 nitrogen and oxygen atoms in total. The van der Waals surface area contributed by atoms with E-state index in [4.69, 9.17) is 4.74 Å². The first kappa shape index (κ1) is 27.5. The van der Waals surface area contributed by atoms with Gasteiger partial charge in [0.25, 0.3) is 10.0 Å². The largest absolute Gasteiger partial charge is 0.497 e. The quantitative estimate of drug-likeness (QED) is 0.191. The smallest absolute Gasteiger partial charge is 0.264 e. The van der Waals surface area contributed by atoms with Crippen molar-refractivity contribution in [1.82, 2.24) is 4.72 Å². The molecule has 0 saturated carbocycles. The van der Waals surface area contributed by atoms with Crippen LogP contribution in [0, 0.1) is 6.92 Å². The molecular weight excluding hydrogens is 518 g/mol. The van der Waals surface area contributed by atoms with E-state index in [0.29, 0.717) is 18.7 Å².